The van der Waals surface area contributed by atoms with E-state index in [1.807, 2.05) is 32.1 Å². The predicted molar refractivity (Wildman–Crippen MR) is 79.9 cm³/mol. The largest absolute Gasteiger partial charge is 0.244 e. The lowest BCUT2D eigenvalue weighted by Crippen LogP contribution is -2.49. The first-order valence-corrected chi connectivity index (χ1v) is 8.29. The third-order valence-electron chi connectivity index (χ3n) is 4.64. The van der Waals surface area contributed by atoms with Crippen LogP contribution in [0, 0.1) is 12.8 Å². The molecule has 20 heavy (non-hydrogen) atoms. The number of hydrogen-bond acceptors (Lipinski definition) is 2. The van der Waals surface area contributed by atoms with Crippen molar-refractivity contribution >= 4 is 10.0 Å². The molecule has 1 aromatic carbocycles. The molecule has 1 aromatic rings. The van der Waals surface area contributed by atoms with Crippen LogP contribution >= 0.6 is 0 Å². The molecule has 2 aliphatic rings. The van der Waals surface area contributed by atoms with Gasteiger partial charge in [-0.25, -0.2) is 8.42 Å². The molecule has 0 amide bonds. The second-order valence-corrected chi connectivity index (χ2v) is 7.67. The van der Waals surface area contributed by atoms with Gasteiger partial charge < -0.3 is 0 Å². The van der Waals surface area contributed by atoms with Crippen molar-refractivity contribution in [3.63, 3.8) is 0 Å². The minimum Gasteiger partial charge on any atom is -0.207 e. The Kier molecular flexibility index (Phi) is 2.92. The number of hydrogen-bond donors (Lipinski definition) is 0. The summed E-state index contributed by atoms with van der Waals surface area (Å²) in [6, 6.07) is 7.07. The van der Waals surface area contributed by atoms with Crippen LogP contribution in [0.4, 0.5) is 0 Å². The number of sulfonamides is 1. The molecule has 0 saturated carbocycles. The van der Waals surface area contributed by atoms with Gasteiger partial charge in [-0.05, 0) is 37.5 Å². The maximum atomic E-state index is 12.9. The molecule has 3 nitrogen and oxygen atoms in total. The molecular weight excluding hydrogens is 270 g/mol. The summed E-state index contributed by atoms with van der Waals surface area (Å²) in [5, 5.41) is 0. The van der Waals surface area contributed by atoms with Crippen molar-refractivity contribution < 1.29 is 8.42 Å². The van der Waals surface area contributed by atoms with E-state index in [4.69, 9.17) is 0 Å². The Morgan fingerprint density at radius 3 is 2.55 bits per heavy atom. The number of nitrogens with zero attached hydrogens (tertiary/aromatic N) is 1. The fraction of sp³-hybridized carbons (Fsp3) is 0.375. The van der Waals surface area contributed by atoms with E-state index in [0.29, 0.717) is 11.4 Å². The van der Waals surface area contributed by atoms with Gasteiger partial charge in [0.05, 0.1) is 10.4 Å². The smallest absolute Gasteiger partial charge is 0.207 e. The highest BCUT2D eigenvalue weighted by molar-refractivity contribution is 7.89. The maximum Gasteiger partial charge on any atom is 0.244 e. The molecule has 0 aromatic heterocycles. The van der Waals surface area contributed by atoms with Crippen LogP contribution in [0.25, 0.3) is 0 Å². The Morgan fingerprint density at radius 1 is 1.25 bits per heavy atom. The normalized spacial score (nSPS) is 29.6. The topological polar surface area (TPSA) is 37.4 Å². The molecule has 1 aliphatic carbocycles. The quantitative estimate of drug-likeness (QED) is 0.839. The Hall–Kier alpha value is -1.39. The first-order chi connectivity index (χ1) is 9.36. The number of fused-ring (bicyclic) bond motifs is 1. The molecule has 0 fully saturated rings. The Morgan fingerprint density at radius 2 is 1.90 bits per heavy atom. The Labute approximate surface area is 120 Å². The standard InChI is InChI=1S/C16H19NO2S/c1-12-4-8-15(9-5-12)20(18,19)17-11-10-14-7-6-13(2)16(14,17)3/h4-10,13H,11H2,1-3H3/t13-,16+/m1/s1. The van der Waals surface area contributed by atoms with Crippen LogP contribution in [0.1, 0.15) is 19.4 Å². The fourth-order valence-corrected chi connectivity index (χ4v) is 4.85. The second-order valence-electron chi connectivity index (χ2n) is 5.80. The average Bonchev–Trinajstić information content (AvgIpc) is 2.87. The van der Waals surface area contributed by atoms with Gasteiger partial charge in [-0.2, -0.15) is 4.31 Å². The summed E-state index contributed by atoms with van der Waals surface area (Å²) in [6.07, 6.45) is 6.16. The van der Waals surface area contributed by atoms with Gasteiger partial charge in [0, 0.05) is 6.54 Å². The third kappa shape index (κ3) is 1.71. The highest BCUT2D eigenvalue weighted by atomic mass is 32.2. The van der Waals surface area contributed by atoms with Crippen LogP contribution < -0.4 is 0 Å². The molecule has 3 rings (SSSR count). The van der Waals surface area contributed by atoms with E-state index in [0.717, 1.165) is 11.1 Å². The molecule has 0 N–H and O–H groups in total. The number of benzene rings is 1. The first kappa shape index (κ1) is 13.6. The van der Waals surface area contributed by atoms with Gasteiger partial charge in [0.1, 0.15) is 0 Å². The Balaban J connectivity index is 2.04. The van der Waals surface area contributed by atoms with Gasteiger partial charge in [0.2, 0.25) is 10.0 Å². The molecule has 2 atom stereocenters. The summed E-state index contributed by atoms with van der Waals surface area (Å²) in [4.78, 5) is 0.373. The zero-order valence-electron chi connectivity index (χ0n) is 12.0. The first-order valence-electron chi connectivity index (χ1n) is 6.85. The van der Waals surface area contributed by atoms with E-state index in [9.17, 15) is 8.42 Å². The van der Waals surface area contributed by atoms with Crippen LogP contribution in [0.2, 0.25) is 0 Å². The summed E-state index contributed by atoms with van der Waals surface area (Å²) >= 11 is 0. The highest BCUT2D eigenvalue weighted by Crippen LogP contribution is 2.45. The van der Waals surface area contributed by atoms with Crippen molar-refractivity contribution in [3.05, 3.63) is 53.6 Å². The van der Waals surface area contributed by atoms with Crippen LogP contribution in [0.3, 0.4) is 0 Å². The van der Waals surface area contributed by atoms with Gasteiger partial charge in [0.15, 0.2) is 0 Å². The SMILES string of the molecule is Cc1ccc(S(=O)(=O)N2CC=C3C=C[C@@H](C)[C@@]32C)cc1. The molecule has 4 heteroatoms. The molecule has 0 saturated heterocycles. The van der Waals surface area contributed by atoms with Gasteiger partial charge in [-0.15, -0.1) is 0 Å². The molecule has 1 aliphatic heterocycles. The summed E-state index contributed by atoms with van der Waals surface area (Å²) in [6.45, 7) is 6.50. The van der Waals surface area contributed by atoms with Crippen LogP contribution in [0.15, 0.2) is 53.0 Å². The van der Waals surface area contributed by atoms with Gasteiger partial charge in [-0.1, -0.05) is 42.8 Å². The maximum absolute atomic E-state index is 12.9. The zero-order chi connectivity index (χ0) is 14.5. The summed E-state index contributed by atoms with van der Waals surface area (Å²) in [5.41, 5.74) is 1.73. The molecule has 0 radical (unpaired) electrons. The van der Waals surface area contributed by atoms with E-state index in [2.05, 4.69) is 19.1 Å². The molecule has 0 unspecified atom stereocenters. The average molecular weight is 289 g/mol. The number of rotatable bonds is 2. The highest BCUT2D eigenvalue weighted by Gasteiger charge is 2.50. The summed E-state index contributed by atoms with van der Waals surface area (Å²) in [5.74, 6) is 0.191. The van der Waals surface area contributed by atoms with Crippen LogP contribution in [0.5, 0.6) is 0 Å². The minimum atomic E-state index is -3.46. The number of aryl methyl sites for hydroxylation is 1. The van der Waals surface area contributed by atoms with Crippen LogP contribution in [-0.2, 0) is 10.0 Å². The lowest BCUT2D eigenvalue weighted by molar-refractivity contribution is 0.248. The Bertz CT molecular complexity index is 700. The van der Waals surface area contributed by atoms with E-state index < -0.39 is 15.6 Å². The van der Waals surface area contributed by atoms with E-state index >= 15 is 0 Å². The van der Waals surface area contributed by atoms with Crippen LogP contribution in [-0.4, -0.2) is 24.8 Å². The molecule has 0 bridgehead atoms. The lowest BCUT2D eigenvalue weighted by Gasteiger charge is -2.37. The zero-order valence-corrected chi connectivity index (χ0v) is 12.8. The van der Waals surface area contributed by atoms with Crippen molar-refractivity contribution in [2.45, 2.75) is 31.2 Å². The monoisotopic (exact) mass is 289 g/mol. The van der Waals surface area contributed by atoms with Crippen molar-refractivity contribution in [1.29, 1.82) is 0 Å². The summed E-state index contributed by atoms with van der Waals surface area (Å²) in [7, 11) is -3.46. The van der Waals surface area contributed by atoms with E-state index in [1.54, 1.807) is 16.4 Å². The molecule has 106 valence electrons. The third-order valence-corrected chi connectivity index (χ3v) is 6.62. The fourth-order valence-electron chi connectivity index (χ4n) is 3.07. The summed E-state index contributed by atoms with van der Waals surface area (Å²) < 4.78 is 27.4. The van der Waals surface area contributed by atoms with Gasteiger partial charge >= 0.3 is 0 Å². The van der Waals surface area contributed by atoms with Crippen molar-refractivity contribution in [1.82, 2.24) is 4.31 Å². The minimum absolute atomic E-state index is 0.191. The van der Waals surface area contributed by atoms with E-state index in [1.165, 1.54) is 0 Å². The molecule has 1 heterocycles. The van der Waals surface area contributed by atoms with E-state index in [-0.39, 0.29) is 5.92 Å². The molecular formula is C16H19NO2S. The van der Waals surface area contributed by atoms with Gasteiger partial charge in [-0.3, -0.25) is 0 Å². The van der Waals surface area contributed by atoms with Crippen molar-refractivity contribution in [2.75, 3.05) is 6.54 Å². The predicted octanol–water partition coefficient (Wildman–Crippen LogP) is 2.89. The van der Waals surface area contributed by atoms with Crippen molar-refractivity contribution in [2.24, 2.45) is 5.92 Å². The van der Waals surface area contributed by atoms with Gasteiger partial charge in [0.25, 0.3) is 0 Å². The second kappa shape index (κ2) is 4.30. The lowest BCUT2D eigenvalue weighted by atomic mass is 9.88. The molecule has 0 spiro atoms. The van der Waals surface area contributed by atoms with Crippen molar-refractivity contribution in [3.8, 4) is 0 Å².